The highest BCUT2D eigenvalue weighted by Gasteiger charge is 2.35. The van der Waals surface area contributed by atoms with E-state index in [2.05, 4.69) is 47.5 Å². The van der Waals surface area contributed by atoms with E-state index in [1.54, 1.807) is 41.5 Å². The highest BCUT2D eigenvalue weighted by atomic mass is 16.4. The summed E-state index contributed by atoms with van der Waals surface area (Å²) in [6.45, 7) is 11.1. The van der Waals surface area contributed by atoms with Crippen molar-refractivity contribution in [3.05, 3.63) is 0 Å². The zero-order valence-electron chi connectivity index (χ0n) is 38.8. The first kappa shape index (κ1) is 59.8. The normalized spacial score (nSPS) is 15.2. The fourth-order valence-electron chi connectivity index (χ4n) is 5.98. The molecule has 0 radical (unpaired) electrons. The first-order valence-corrected chi connectivity index (χ1v) is 21.5. The van der Waals surface area contributed by atoms with Gasteiger partial charge in [-0.15, -0.1) is 0 Å². The van der Waals surface area contributed by atoms with Crippen LogP contribution in [-0.2, 0) is 47.9 Å². The van der Waals surface area contributed by atoms with Gasteiger partial charge in [0.1, 0.15) is 48.3 Å². The summed E-state index contributed by atoms with van der Waals surface area (Å²) in [5.74, 6) is -11.1. The molecule has 26 nitrogen and oxygen atoms in total. The fraction of sp³-hybridized carbons (Fsp3) is 0.725. The van der Waals surface area contributed by atoms with Gasteiger partial charge in [0.25, 0.3) is 0 Å². The number of carbonyl (C=O) groups is 10. The molecule has 0 aromatic carbocycles. The van der Waals surface area contributed by atoms with Crippen LogP contribution in [0.1, 0.15) is 93.9 Å². The van der Waals surface area contributed by atoms with Crippen molar-refractivity contribution in [1.82, 2.24) is 42.5 Å². The number of carboxylic acid groups (broad SMARTS) is 2. The Balaban J connectivity index is 6.14. The van der Waals surface area contributed by atoms with Crippen LogP contribution in [0, 0.1) is 17.8 Å². The zero-order valence-corrected chi connectivity index (χ0v) is 38.8. The Bertz CT molecular complexity index is 1710. The molecule has 0 aromatic rings. The first-order chi connectivity index (χ1) is 30.6. The number of carboxylic acids is 2. The second-order valence-corrected chi connectivity index (χ2v) is 17.0. The summed E-state index contributed by atoms with van der Waals surface area (Å²) < 4.78 is 0. The largest absolute Gasteiger partial charge is 0.481 e. The van der Waals surface area contributed by atoms with Crippen LogP contribution in [0.2, 0.25) is 0 Å². The molecule has 0 aromatic heterocycles. The topological polar surface area (TPSA) is 438 Å². The maximum absolute atomic E-state index is 13.7. The molecule has 0 heterocycles. The number of guanidine groups is 1. The molecular weight excluding hydrogens is 873 g/mol. The van der Waals surface area contributed by atoms with Gasteiger partial charge in [-0.3, -0.25) is 48.1 Å². The number of aliphatic imine (C=N–C) groups is 1. The minimum Gasteiger partial charge on any atom is -0.481 e. The third kappa shape index (κ3) is 23.7. The second-order valence-electron chi connectivity index (χ2n) is 17.0. The Kier molecular flexibility index (Phi) is 27.3. The van der Waals surface area contributed by atoms with Crippen molar-refractivity contribution in [3.63, 3.8) is 0 Å². The summed E-state index contributed by atoms with van der Waals surface area (Å²) in [4.78, 5) is 132. The lowest BCUT2D eigenvalue weighted by atomic mass is 10.0. The van der Waals surface area contributed by atoms with Crippen LogP contribution in [0.15, 0.2) is 4.99 Å². The quantitative estimate of drug-likeness (QED) is 0.0176. The highest BCUT2D eigenvalue weighted by molar-refractivity contribution is 5.97. The standard InChI is InChI=1S/C40H72N12O14/c1-18(2)14-26(37(63)49-24(10-9-13-44-40(42)43)35(61)52-31(22(8)54)38(64)51-30(20(5)6)39(65)66)47-28(55)16-45-34(60)25(11-12-29(56)57)48-32(58)21(7)46-36(62)27(15-19(3)4)50-33(59)23(41)17-53/h18-27,30-31,53-54H,9-17,41H2,1-8H3,(H,45,60)(H,46,62)(H,47,55)(H,48,58)(H,49,63)(H,50,59)(H,51,64)(H,52,61)(H,56,57)(H,65,66)(H4,42,43,44)/t21-,22+,23-,24-,25-,26-,27-,30-,31-/m0/s1. The maximum Gasteiger partial charge on any atom is 0.326 e. The summed E-state index contributed by atoms with van der Waals surface area (Å²) in [5.41, 5.74) is 16.3. The molecule has 0 aliphatic heterocycles. The molecule has 0 spiro atoms. The third-order valence-electron chi connectivity index (χ3n) is 9.56. The van der Waals surface area contributed by atoms with Gasteiger partial charge in [-0.2, -0.15) is 0 Å². The predicted octanol–water partition coefficient (Wildman–Crippen LogP) is -5.03. The van der Waals surface area contributed by atoms with Crippen LogP contribution < -0.4 is 59.7 Å². The zero-order chi connectivity index (χ0) is 51.0. The lowest BCUT2D eigenvalue weighted by Gasteiger charge is -2.28. The van der Waals surface area contributed by atoms with Gasteiger partial charge in [-0.25, -0.2) is 4.79 Å². The summed E-state index contributed by atoms with van der Waals surface area (Å²) >= 11 is 0. The molecule has 9 atom stereocenters. The van der Waals surface area contributed by atoms with Crippen molar-refractivity contribution in [2.45, 2.75) is 148 Å². The Morgan fingerprint density at radius 3 is 1.55 bits per heavy atom. The minimum absolute atomic E-state index is 0.00912. The molecule has 0 rings (SSSR count). The summed E-state index contributed by atoms with van der Waals surface area (Å²) in [6.07, 6.45) is -2.43. The van der Waals surface area contributed by atoms with Crippen molar-refractivity contribution in [2.75, 3.05) is 19.7 Å². The molecule has 0 aliphatic rings. The van der Waals surface area contributed by atoms with Gasteiger partial charge in [0.15, 0.2) is 5.96 Å². The van der Waals surface area contributed by atoms with Crippen molar-refractivity contribution in [2.24, 2.45) is 39.9 Å². The van der Waals surface area contributed by atoms with E-state index in [1.807, 2.05) is 0 Å². The van der Waals surface area contributed by atoms with E-state index in [9.17, 15) is 68.4 Å². The average Bonchev–Trinajstić information content (AvgIpc) is 3.21. The van der Waals surface area contributed by atoms with Crippen molar-refractivity contribution >= 4 is 65.2 Å². The number of amides is 8. The SMILES string of the molecule is CC(C)C[C@H](NC(=O)CNC(=O)[C@H](CCC(=O)O)NC(=O)[C@H](C)NC(=O)[C@H](CC(C)C)NC(=O)[C@@H](N)CO)C(=O)N[C@@H](CCCN=C(N)N)C(=O)N[C@H](C(=O)N[C@H](C(=O)O)C(C)C)[C@@H](C)O. The number of aliphatic hydroxyl groups excluding tert-OH is 2. The summed E-state index contributed by atoms with van der Waals surface area (Å²) in [7, 11) is 0. The molecule has 0 unspecified atom stereocenters. The van der Waals surface area contributed by atoms with Crippen molar-refractivity contribution < 1.29 is 68.4 Å². The van der Waals surface area contributed by atoms with Gasteiger partial charge in [0.05, 0.1) is 19.3 Å². The van der Waals surface area contributed by atoms with E-state index in [1.165, 1.54) is 13.8 Å². The van der Waals surface area contributed by atoms with E-state index in [0.717, 1.165) is 0 Å². The lowest BCUT2D eigenvalue weighted by molar-refractivity contribution is -0.144. The Hall–Kier alpha value is -6.15. The van der Waals surface area contributed by atoms with E-state index in [-0.39, 0.29) is 50.0 Å². The van der Waals surface area contributed by atoms with Gasteiger partial charge in [-0.05, 0) is 63.7 Å². The number of aliphatic hydroxyl groups is 2. The van der Waals surface area contributed by atoms with Crippen molar-refractivity contribution in [3.8, 4) is 0 Å². The first-order valence-electron chi connectivity index (χ1n) is 21.5. The van der Waals surface area contributed by atoms with Gasteiger partial charge < -0.3 is 80.2 Å². The highest BCUT2D eigenvalue weighted by Crippen LogP contribution is 2.10. The maximum atomic E-state index is 13.7. The van der Waals surface area contributed by atoms with Crippen LogP contribution in [0.25, 0.3) is 0 Å². The molecule has 0 saturated carbocycles. The van der Waals surface area contributed by atoms with Crippen LogP contribution >= 0.6 is 0 Å². The number of hydrogen-bond donors (Lipinski definition) is 15. The van der Waals surface area contributed by atoms with Crippen LogP contribution in [0.3, 0.4) is 0 Å². The molecular formula is C40H72N12O14. The number of nitrogens with one attached hydrogen (secondary N) is 8. The predicted molar refractivity (Wildman–Crippen MR) is 237 cm³/mol. The lowest BCUT2D eigenvalue weighted by Crippen LogP contribution is -2.60. The number of nitrogens with two attached hydrogens (primary N) is 3. The molecule has 376 valence electrons. The number of aliphatic carboxylic acids is 2. The average molecular weight is 945 g/mol. The molecule has 0 aliphatic carbocycles. The number of nitrogens with zero attached hydrogens (tertiary/aromatic N) is 1. The van der Waals surface area contributed by atoms with E-state index in [0.29, 0.717) is 0 Å². The van der Waals surface area contributed by atoms with Crippen molar-refractivity contribution in [1.29, 1.82) is 0 Å². The molecule has 8 amide bonds. The van der Waals surface area contributed by atoms with Gasteiger partial charge in [0.2, 0.25) is 47.3 Å². The fourth-order valence-corrected chi connectivity index (χ4v) is 5.98. The van der Waals surface area contributed by atoms with Gasteiger partial charge in [-0.1, -0.05) is 41.5 Å². The molecule has 0 fully saturated rings. The number of carbonyl (C=O) groups excluding carboxylic acids is 8. The Morgan fingerprint density at radius 2 is 1.06 bits per heavy atom. The van der Waals surface area contributed by atoms with Crippen LogP contribution in [0.5, 0.6) is 0 Å². The smallest absolute Gasteiger partial charge is 0.326 e. The monoisotopic (exact) mass is 945 g/mol. The second kappa shape index (κ2) is 30.1. The minimum atomic E-state index is -1.66. The van der Waals surface area contributed by atoms with E-state index in [4.69, 9.17) is 17.2 Å². The number of rotatable bonds is 31. The molecule has 0 saturated heterocycles. The van der Waals surface area contributed by atoms with Crippen LogP contribution in [-0.4, -0.2) is 160 Å². The van der Waals surface area contributed by atoms with E-state index < -0.39 is 146 Å². The number of hydrogen-bond acceptors (Lipinski definition) is 14. The molecule has 18 N–H and O–H groups in total. The Morgan fingerprint density at radius 1 is 0.576 bits per heavy atom. The summed E-state index contributed by atoms with van der Waals surface area (Å²) in [6, 6.07) is -11.1. The van der Waals surface area contributed by atoms with Crippen LogP contribution in [0.4, 0.5) is 0 Å². The van der Waals surface area contributed by atoms with E-state index >= 15 is 0 Å². The van der Waals surface area contributed by atoms with Gasteiger partial charge in [0, 0.05) is 13.0 Å². The molecule has 66 heavy (non-hydrogen) atoms. The third-order valence-corrected chi connectivity index (χ3v) is 9.56. The molecule has 0 bridgehead atoms. The van der Waals surface area contributed by atoms with Gasteiger partial charge >= 0.3 is 11.9 Å². The summed E-state index contributed by atoms with van der Waals surface area (Å²) in [5, 5.41) is 57.5. The Labute approximate surface area is 383 Å². The molecule has 26 heteroatoms.